The Balaban J connectivity index is 1.81. The Bertz CT molecular complexity index is 493. The van der Waals surface area contributed by atoms with Crippen LogP contribution >= 0.6 is 0 Å². The molecular formula is C18H25NO3. The quantitative estimate of drug-likeness (QED) is 0.420. The molecule has 1 fully saturated rings. The summed E-state index contributed by atoms with van der Waals surface area (Å²) in [4.78, 5) is 13.8. The average molecular weight is 303 g/mol. The van der Waals surface area contributed by atoms with Gasteiger partial charge in [-0.3, -0.25) is 0 Å². The van der Waals surface area contributed by atoms with Gasteiger partial charge in [0.15, 0.2) is 0 Å². The maximum Gasteiger partial charge on any atom is 0.330 e. The van der Waals surface area contributed by atoms with Crippen LogP contribution in [0.1, 0.15) is 30.9 Å². The number of hydrogen-bond donors (Lipinski definition) is 0. The summed E-state index contributed by atoms with van der Waals surface area (Å²) < 4.78 is 10.7. The zero-order valence-electron chi connectivity index (χ0n) is 13.3. The minimum atomic E-state index is -0.313. The predicted octanol–water partition coefficient (Wildman–Crippen LogP) is 2.88. The van der Waals surface area contributed by atoms with Crippen molar-refractivity contribution in [2.24, 2.45) is 0 Å². The number of rotatable bonds is 8. The molecule has 0 saturated carbocycles. The van der Waals surface area contributed by atoms with E-state index in [1.807, 2.05) is 24.3 Å². The summed E-state index contributed by atoms with van der Waals surface area (Å²) in [5.74, 6) is -0.313. The second-order valence-electron chi connectivity index (χ2n) is 5.39. The van der Waals surface area contributed by atoms with E-state index < -0.39 is 0 Å². The summed E-state index contributed by atoms with van der Waals surface area (Å²) in [6, 6.07) is 7.95. The minimum absolute atomic E-state index is 0.313. The molecule has 0 aromatic heterocycles. The Kier molecular flexibility index (Phi) is 7.13. The molecule has 0 radical (unpaired) electrons. The molecule has 0 aliphatic carbocycles. The van der Waals surface area contributed by atoms with Gasteiger partial charge in [-0.25, -0.2) is 4.79 Å². The fourth-order valence-corrected chi connectivity index (χ4v) is 2.56. The number of ether oxygens (including phenoxy) is 2. The van der Waals surface area contributed by atoms with Gasteiger partial charge in [0.2, 0.25) is 0 Å². The Hall–Kier alpha value is -1.65. The highest BCUT2D eigenvalue weighted by Gasteiger charge is 2.10. The molecule has 0 N–H and O–H groups in total. The molecule has 1 aliphatic heterocycles. The Morgan fingerprint density at radius 3 is 2.82 bits per heavy atom. The zero-order valence-corrected chi connectivity index (χ0v) is 13.3. The number of esters is 1. The third kappa shape index (κ3) is 5.62. The third-order valence-electron chi connectivity index (χ3n) is 3.75. The van der Waals surface area contributed by atoms with Crippen molar-refractivity contribution in [2.45, 2.75) is 26.4 Å². The summed E-state index contributed by atoms with van der Waals surface area (Å²) in [5, 5.41) is 0. The molecule has 4 nitrogen and oxygen atoms in total. The highest BCUT2D eigenvalue weighted by atomic mass is 16.5. The Morgan fingerprint density at radius 2 is 2.05 bits per heavy atom. The first-order chi connectivity index (χ1) is 10.8. The molecule has 0 unspecified atom stereocenters. The fourth-order valence-electron chi connectivity index (χ4n) is 2.56. The maximum absolute atomic E-state index is 11.4. The van der Waals surface area contributed by atoms with E-state index >= 15 is 0 Å². The van der Waals surface area contributed by atoms with Gasteiger partial charge in [0.05, 0.1) is 19.8 Å². The molecule has 2 rings (SSSR count). The molecule has 1 aromatic carbocycles. The monoisotopic (exact) mass is 303 g/mol. The lowest BCUT2D eigenvalue weighted by atomic mass is 10.1. The highest BCUT2D eigenvalue weighted by Crippen LogP contribution is 2.13. The molecule has 1 aromatic rings. The number of hydrogen-bond acceptors (Lipinski definition) is 4. The first-order valence-corrected chi connectivity index (χ1v) is 8.02. The molecule has 1 heterocycles. The van der Waals surface area contributed by atoms with E-state index in [0.717, 1.165) is 24.3 Å². The molecule has 4 heteroatoms. The zero-order chi connectivity index (χ0) is 15.6. The second-order valence-corrected chi connectivity index (χ2v) is 5.39. The van der Waals surface area contributed by atoms with Crippen LogP contribution in [0.3, 0.4) is 0 Å². The van der Waals surface area contributed by atoms with E-state index in [4.69, 9.17) is 9.47 Å². The maximum atomic E-state index is 11.4. The summed E-state index contributed by atoms with van der Waals surface area (Å²) in [7, 11) is 0. The second kappa shape index (κ2) is 9.38. The summed E-state index contributed by atoms with van der Waals surface area (Å²) in [6.07, 6.45) is 5.87. The van der Waals surface area contributed by atoms with E-state index in [-0.39, 0.29) is 5.97 Å². The van der Waals surface area contributed by atoms with Crippen molar-refractivity contribution in [2.75, 3.05) is 32.8 Å². The molecular weight excluding hydrogens is 278 g/mol. The summed E-state index contributed by atoms with van der Waals surface area (Å²) >= 11 is 0. The van der Waals surface area contributed by atoms with Crippen LogP contribution in [0.4, 0.5) is 0 Å². The van der Waals surface area contributed by atoms with Gasteiger partial charge in [-0.2, -0.15) is 0 Å². The van der Waals surface area contributed by atoms with Gasteiger partial charge >= 0.3 is 5.97 Å². The van der Waals surface area contributed by atoms with Crippen LogP contribution < -0.4 is 0 Å². The smallest absolute Gasteiger partial charge is 0.330 e. The van der Waals surface area contributed by atoms with Crippen LogP contribution in [-0.2, 0) is 20.9 Å². The molecule has 0 bridgehead atoms. The standard InChI is InChI=1S/C18H25NO3/c1-2-22-18(20)10-9-16-7-3-4-8-17(16)15-21-14-13-19-11-5-6-12-19/h3-4,7-10H,2,5-6,11-15H2,1H3/b10-9+. The van der Waals surface area contributed by atoms with Crippen molar-refractivity contribution in [3.05, 3.63) is 41.5 Å². The molecule has 120 valence electrons. The Morgan fingerprint density at radius 1 is 1.27 bits per heavy atom. The van der Waals surface area contributed by atoms with Crippen molar-refractivity contribution in [3.8, 4) is 0 Å². The van der Waals surface area contributed by atoms with Crippen molar-refractivity contribution in [3.63, 3.8) is 0 Å². The first kappa shape index (κ1) is 16.7. The van der Waals surface area contributed by atoms with Crippen LogP contribution in [0, 0.1) is 0 Å². The van der Waals surface area contributed by atoms with Gasteiger partial charge in [0.25, 0.3) is 0 Å². The van der Waals surface area contributed by atoms with Gasteiger partial charge in [-0.15, -0.1) is 0 Å². The van der Waals surface area contributed by atoms with Gasteiger partial charge in [0.1, 0.15) is 0 Å². The van der Waals surface area contributed by atoms with Crippen LogP contribution in [-0.4, -0.2) is 43.7 Å². The van der Waals surface area contributed by atoms with E-state index in [1.54, 1.807) is 13.0 Å². The lowest BCUT2D eigenvalue weighted by Crippen LogP contribution is -2.23. The molecule has 1 saturated heterocycles. The number of benzene rings is 1. The number of carbonyl (C=O) groups excluding carboxylic acids is 1. The van der Waals surface area contributed by atoms with Gasteiger partial charge in [0, 0.05) is 12.6 Å². The first-order valence-electron chi connectivity index (χ1n) is 8.02. The van der Waals surface area contributed by atoms with Crippen LogP contribution in [0.15, 0.2) is 30.3 Å². The summed E-state index contributed by atoms with van der Waals surface area (Å²) in [5.41, 5.74) is 2.08. The van der Waals surface area contributed by atoms with Crippen LogP contribution in [0.5, 0.6) is 0 Å². The summed E-state index contributed by atoms with van der Waals surface area (Å²) in [6.45, 7) is 6.90. The topological polar surface area (TPSA) is 38.8 Å². The van der Waals surface area contributed by atoms with Crippen LogP contribution in [0.25, 0.3) is 6.08 Å². The molecule has 0 amide bonds. The van der Waals surface area contributed by atoms with Gasteiger partial charge < -0.3 is 14.4 Å². The average Bonchev–Trinajstić information content (AvgIpc) is 3.04. The molecule has 0 spiro atoms. The lowest BCUT2D eigenvalue weighted by Gasteiger charge is -2.14. The normalized spacial score (nSPS) is 15.5. The molecule has 0 atom stereocenters. The van der Waals surface area contributed by atoms with Gasteiger partial charge in [-0.1, -0.05) is 24.3 Å². The minimum Gasteiger partial charge on any atom is -0.463 e. The van der Waals surface area contributed by atoms with Gasteiger partial charge in [-0.05, 0) is 50.1 Å². The fraction of sp³-hybridized carbons (Fsp3) is 0.500. The van der Waals surface area contributed by atoms with Crippen molar-refractivity contribution in [1.29, 1.82) is 0 Å². The van der Waals surface area contributed by atoms with Crippen molar-refractivity contribution in [1.82, 2.24) is 4.90 Å². The predicted molar refractivity (Wildman–Crippen MR) is 87.4 cm³/mol. The third-order valence-corrected chi connectivity index (χ3v) is 3.75. The Labute approximate surface area is 132 Å². The van der Waals surface area contributed by atoms with E-state index in [1.165, 1.54) is 32.0 Å². The SMILES string of the molecule is CCOC(=O)/C=C/c1ccccc1COCCN1CCCC1. The molecule has 22 heavy (non-hydrogen) atoms. The highest BCUT2D eigenvalue weighted by molar-refractivity contribution is 5.87. The largest absolute Gasteiger partial charge is 0.463 e. The number of carbonyl (C=O) groups is 1. The van der Waals surface area contributed by atoms with E-state index in [2.05, 4.69) is 4.90 Å². The lowest BCUT2D eigenvalue weighted by molar-refractivity contribution is -0.137. The van der Waals surface area contributed by atoms with Crippen molar-refractivity contribution < 1.29 is 14.3 Å². The van der Waals surface area contributed by atoms with Crippen LogP contribution in [0.2, 0.25) is 0 Å². The van der Waals surface area contributed by atoms with E-state index in [0.29, 0.717) is 13.2 Å². The number of nitrogens with zero attached hydrogens (tertiary/aromatic N) is 1. The van der Waals surface area contributed by atoms with Crippen molar-refractivity contribution >= 4 is 12.0 Å². The number of likely N-dealkylation sites (tertiary alicyclic amines) is 1. The van der Waals surface area contributed by atoms with E-state index in [9.17, 15) is 4.79 Å². The molecule has 1 aliphatic rings.